The van der Waals surface area contributed by atoms with E-state index in [-0.39, 0.29) is 19.8 Å². The van der Waals surface area contributed by atoms with Gasteiger partial charge in [0.2, 0.25) is 0 Å². The number of aromatic amines is 1. The zero-order chi connectivity index (χ0) is 24.9. The Hall–Kier alpha value is -3.15. The summed E-state index contributed by atoms with van der Waals surface area (Å²) in [7, 11) is 0. The minimum atomic E-state index is -2.24. The third-order valence-corrected chi connectivity index (χ3v) is 6.01. The Morgan fingerprint density at radius 1 is 1.00 bits per heavy atom. The van der Waals surface area contributed by atoms with Gasteiger partial charge in [0.25, 0.3) is 5.56 Å². The first-order valence-corrected chi connectivity index (χ1v) is 11.1. The van der Waals surface area contributed by atoms with E-state index in [0.29, 0.717) is 0 Å². The lowest BCUT2D eigenvalue weighted by atomic mass is 9.87. The van der Waals surface area contributed by atoms with E-state index < -0.39 is 48.1 Å². The summed E-state index contributed by atoms with van der Waals surface area (Å²) in [6.45, 7) is -2.28. The summed E-state index contributed by atoms with van der Waals surface area (Å²) in [4.78, 5) is 26.1. The molecule has 0 unspecified atom stereocenters. The summed E-state index contributed by atoms with van der Waals surface area (Å²) in [5.41, 5.74) is -4.06. The molecule has 1 fully saturated rings. The average molecular weight is 486 g/mol. The number of rotatable bonds is 10. The largest absolute Gasteiger partial charge is 0.393 e. The van der Waals surface area contributed by atoms with E-state index in [1.165, 1.54) is 0 Å². The van der Waals surface area contributed by atoms with Crippen molar-refractivity contribution in [2.75, 3.05) is 19.9 Å². The van der Waals surface area contributed by atoms with E-state index in [0.717, 1.165) is 28.0 Å². The van der Waals surface area contributed by atoms with Gasteiger partial charge in [-0.2, -0.15) is 0 Å². The summed E-state index contributed by atoms with van der Waals surface area (Å²) in [6, 6.07) is 19.3. The molecule has 1 aliphatic heterocycles. The normalized spacial score (nSPS) is 26.1. The Bertz CT molecular complexity index is 1220. The fourth-order valence-electron chi connectivity index (χ4n) is 4.26. The van der Waals surface area contributed by atoms with Gasteiger partial charge in [-0.3, -0.25) is 14.3 Å². The molecule has 0 amide bonds. The molecule has 3 N–H and O–H groups in total. The van der Waals surface area contributed by atoms with Crippen molar-refractivity contribution in [1.29, 1.82) is 0 Å². The van der Waals surface area contributed by atoms with E-state index in [2.05, 4.69) is 4.98 Å². The maximum Gasteiger partial charge on any atom is 0.330 e. The van der Waals surface area contributed by atoms with Gasteiger partial charge in [-0.25, -0.2) is 9.18 Å². The molecule has 0 spiro atoms. The van der Waals surface area contributed by atoms with Crippen LogP contribution in [0.4, 0.5) is 4.39 Å². The first-order valence-electron chi connectivity index (χ1n) is 11.1. The molecule has 0 saturated carbocycles. The molecule has 1 aromatic heterocycles. The van der Waals surface area contributed by atoms with Crippen molar-refractivity contribution in [1.82, 2.24) is 9.55 Å². The standard InChI is InChI=1S/C25H27FN2O7/c26-15-24(17-33-13-18-7-3-1-4-8-18)21(34-14-19-9-5-2-6-10-19)25(32,16-29)22(35-24)28-12-11-20(30)27-23(28)31/h1-12,21-22,29,32H,13-17H2,(H,27,30,31)/t21-,22-,24-,25+/m1/s1. The van der Waals surface area contributed by atoms with Crippen LogP contribution in [0.5, 0.6) is 0 Å². The average Bonchev–Trinajstić information content (AvgIpc) is 3.12. The Kier molecular flexibility index (Phi) is 7.58. The molecule has 9 nitrogen and oxygen atoms in total. The van der Waals surface area contributed by atoms with Crippen LogP contribution in [0.25, 0.3) is 0 Å². The molecule has 4 atom stereocenters. The number of H-pyrrole nitrogens is 1. The van der Waals surface area contributed by atoms with Crippen LogP contribution in [0.15, 0.2) is 82.5 Å². The summed E-state index contributed by atoms with van der Waals surface area (Å²) in [5.74, 6) is 0. The Labute approximate surface area is 200 Å². The predicted octanol–water partition coefficient (Wildman–Crippen LogP) is 1.30. The highest BCUT2D eigenvalue weighted by molar-refractivity contribution is 5.16. The predicted molar refractivity (Wildman–Crippen MR) is 123 cm³/mol. The number of ether oxygens (including phenoxy) is 3. The number of alkyl halides is 1. The summed E-state index contributed by atoms with van der Waals surface area (Å²) in [6.07, 6.45) is -1.88. The molecule has 1 aliphatic rings. The summed E-state index contributed by atoms with van der Waals surface area (Å²) in [5, 5.41) is 21.8. The molecule has 3 aromatic rings. The van der Waals surface area contributed by atoms with Crippen molar-refractivity contribution in [2.24, 2.45) is 0 Å². The maximum absolute atomic E-state index is 14.8. The highest BCUT2D eigenvalue weighted by atomic mass is 19.1. The molecule has 0 bridgehead atoms. The number of aliphatic hydroxyl groups is 2. The van der Waals surface area contributed by atoms with E-state index in [1.807, 2.05) is 36.4 Å². The van der Waals surface area contributed by atoms with E-state index in [9.17, 15) is 24.2 Å². The molecule has 35 heavy (non-hydrogen) atoms. The van der Waals surface area contributed by atoms with Crippen LogP contribution in [0.1, 0.15) is 17.4 Å². The smallest absolute Gasteiger partial charge is 0.330 e. The van der Waals surface area contributed by atoms with Crippen molar-refractivity contribution in [3.63, 3.8) is 0 Å². The van der Waals surface area contributed by atoms with E-state index in [4.69, 9.17) is 14.2 Å². The molecular weight excluding hydrogens is 459 g/mol. The maximum atomic E-state index is 14.8. The topological polar surface area (TPSA) is 123 Å². The van der Waals surface area contributed by atoms with Crippen LogP contribution >= 0.6 is 0 Å². The second-order valence-corrected chi connectivity index (χ2v) is 8.49. The number of nitrogens with zero attached hydrogens (tertiary/aromatic N) is 1. The van der Waals surface area contributed by atoms with Crippen molar-refractivity contribution in [3.8, 4) is 0 Å². The lowest BCUT2D eigenvalue weighted by molar-refractivity contribution is -0.167. The number of benzene rings is 2. The van der Waals surface area contributed by atoms with Crippen LogP contribution in [0.3, 0.4) is 0 Å². The molecule has 2 heterocycles. The van der Waals surface area contributed by atoms with Crippen LogP contribution in [-0.2, 0) is 27.4 Å². The van der Waals surface area contributed by atoms with Crippen LogP contribution in [0, 0.1) is 0 Å². The number of nitrogens with one attached hydrogen (secondary N) is 1. The Morgan fingerprint density at radius 2 is 1.63 bits per heavy atom. The van der Waals surface area contributed by atoms with Gasteiger partial charge >= 0.3 is 5.69 Å². The number of halogens is 1. The third-order valence-electron chi connectivity index (χ3n) is 6.01. The lowest BCUT2D eigenvalue weighted by Gasteiger charge is -2.35. The van der Waals surface area contributed by atoms with E-state index >= 15 is 0 Å². The summed E-state index contributed by atoms with van der Waals surface area (Å²) >= 11 is 0. The first kappa shape index (κ1) is 25.0. The van der Waals surface area contributed by atoms with Gasteiger partial charge < -0.3 is 24.4 Å². The molecule has 186 valence electrons. The van der Waals surface area contributed by atoms with Crippen LogP contribution in [-0.4, -0.2) is 57.0 Å². The molecule has 2 aromatic carbocycles. The zero-order valence-electron chi connectivity index (χ0n) is 18.9. The minimum Gasteiger partial charge on any atom is -0.393 e. The Morgan fingerprint density at radius 3 is 2.20 bits per heavy atom. The molecular formula is C25H27FN2O7. The Balaban J connectivity index is 1.68. The van der Waals surface area contributed by atoms with Crippen molar-refractivity contribution >= 4 is 0 Å². The lowest BCUT2D eigenvalue weighted by Crippen LogP contribution is -2.57. The molecule has 1 saturated heterocycles. The van der Waals surface area contributed by atoms with Gasteiger partial charge in [-0.15, -0.1) is 0 Å². The molecule has 0 aliphatic carbocycles. The number of aliphatic hydroxyl groups excluding tert-OH is 1. The molecule has 0 radical (unpaired) electrons. The van der Waals surface area contributed by atoms with Gasteiger partial charge in [0.05, 0.1) is 26.4 Å². The number of aromatic nitrogens is 2. The fraction of sp³-hybridized carbons (Fsp3) is 0.360. The monoisotopic (exact) mass is 486 g/mol. The second kappa shape index (κ2) is 10.6. The van der Waals surface area contributed by atoms with Crippen LogP contribution < -0.4 is 11.2 Å². The highest BCUT2D eigenvalue weighted by Gasteiger charge is 2.65. The van der Waals surface area contributed by atoms with Crippen molar-refractivity contribution in [3.05, 3.63) is 105 Å². The molecule has 10 heteroatoms. The minimum absolute atomic E-state index is 0.0230. The summed E-state index contributed by atoms with van der Waals surface area (Å²) < 4.78 is 33.4. The van der Waals surface area contributed by atoms with Gasteiger partial charge in [0, 0.05) is 12.3 Å². The van der Waals surface area contributed by atoms with Gasteiger partial charge in [0.15, 0.2) is 17.4 Å². The van der Waals surface area contributed by atoms with Gasteiger partial charge in [0.1, 0.15) is 12.8 Å². The van der Waals surface area contributed by atoms with Crippen molar-refractivity contribution in [2.45, 2.75) is 36.7 Å². The third kappa shape index (κ3) is 5.12. The zero-order valence-corrected chi connectivity index (χ0v) is 18.9. The molecule has 4 rings (SSSR count). The SMILES string of the molecule is O=c1ccn([C@@H]2O[C@](CF)(COCc3ccccc3)[C@@H](OCc3ccccc3)[C@@]2(O)CO)c(=O)[nH]1. The highest BCUT2D eigenvalue weighted by Crippen LogP contribution is 2.46. The van der Waals surface area contributed by atoms with Gasteiger partial charge in [-0.1, -0.05) is 60.7 Å². The second-order valence-electron chi connectivity index (χ2n) is 8.49. The quantitative estimate of drug-likeness (QED) is 0.395. The van der Waals surface area contributed by atoms with Crippen LogP contribution in [0.2, 0.25) is 0 Å². The first-order chi connectivity index (χ1) is 16.9. The number of hydrogen-bond acceptors (Lipinski definition) is 7. The van der Waals surface area contributed by atoms with Crippen molar-refractivity contribution < 1.29 is 28.8 Å². The van der Waals surface area contributed by atoms with Gasteiger partial charge in [-0.05, 0) is 11.1 Å². The fourth-order valence-corrected chi connectivity index (χ4v) is 4.26. The van der Waals surface area contributed by atoms with E-state index in [1.54, 1.807) is 24.3 Å². The number of hydrogen-bond donors (Lipinski definition) is 3.